The van der Waals surface area contributed by atoms with Gasteiger partial charge in [-0.3, -0.25) is 0 Å². The van der Waals surface area contributed by atoms with Gasteiger partial charge in [-0.1, -0.05) is 38.1 Å². The van der Waals surface area contributed by atoms with Crippen molar-refractivity contribution in [3.63, 3.8) is 0 Å². The zero-order valence-corrected chi connectivity index (χ0v) is 12.7. The molecule has 0 saturated carbocycles. The Bertz CT molecular complexity index is 718. The van der Waals surface area contributed by atoms with Gasteiger partial charge in [-0.15, -0.1) is 0 Å². The van der Waals surface area contributed by atoms with Crippen LogP contribution in [0.25, 0.3) is 0 Å². The monoisotopic (exact) mass is 293 g/mol. The van der Waals surface area contributed by atoms with Crippen molar-refractivity contribution in [2.24, 2.45) is 5.14 Å². The molecule has 0 atom stereocenters. The molecule has 2 rings (SSSR count). The number of imidazole rings is 1. The summed E-state index contributed by atoms with van der Waals surface area (Å²) in [5, 5.41) is 5.08. The second kappa shape index (κ2) is 5.38. The van der Waals surface area contributed by atoms with Crippen LogP contribution in [-0.4, -0.2) is 18.0 Å². The summed E-state index contributed by atoms with van der Waals surface area (Å²) >= 11 is 0. The molecule has 5 nitrogen and oxygen atoms in total. The summed E-state index contributed by atoms with van der Waals surface area (Å²) < 4.78 is 24.7. The molecule has 1 aromatic heterocycles. The van der Waals surface area contributed by atoms with Crippen molar-refractivity contribution in [3.8, 4) is 0 Å². The summed E-state index contributed by atoms with van der Waals surface area (Å²) in [6.07, 6.45) is 1.51. The first kappa shape index (κ1) is 14.7. The lowest BCUT2D eigenvalue weighted by Gasteiger charge is -2.11. The number of primary sulfonamides is 1. The van der Waals surface area contributed by atoms with Crippen molar-refractivity contribution in [3.05, 3.63) is 47.4 Å². The van der Waals surface area contributed by atoms with Crippen molar-refractivity contribution < 1.29 is 8.42 Å². The van der Waals surface area contributed by atoms with Crippen molar-refractivity contribution in [1.82, 2.24) is 9.55 Å². The Labute approximate surface area is 119 Å². The first-order valence-electron chi connectivity index (χ1n) is 6.43. The Morgan fingerprint density at radius 1 is 1.30 bits per heavy atom. The Hall–Kier alpha value is -1.66. The first-order valence-corrected chi connectivity index (χ1v) is 7.98. The number of aryl methyl sites for hydroxylation is 1. The molecule has 0 saturated heterocycles. The fraction of sp³-hybridized carbons (Fsp3) is 0.357. The lowest BCUT2D eigenvalue weighted by molar-refractivity contribution is 0.594. The summed E-state index contributed by atoms with van der Waals surface area (Å²) in [6.45, 7) is 6.57. The third kappa shape index (κ3) is 3.08. The number of hydrogen-bond acceptors (Lipinski definition) is 3. The van der Waals surface area contributed by atoms with Crippen molar-refractivity contribution in [2.75, 3.05) is 0 Å². The molecular formula is C14H19N3O2S. The smallest absolute Gasteiger partial charge is 0.257 e. The van der Waals surface area contributed by atoms with Gasteiger partial charge in [-0.25, -0.2) is 18.5 Å². The zero-order valence-electron chi connectivity index (χ0n) is 11.9. The molecule has 0 bridgehead atoms. The first-order chi connectivity index (χ1) is 9.29. The molecule has 0 aliphatic carbocycles. The third-order valence-electron chi connectivity index (χ3n) is 3.20. The van der Waals surface area contributed by atoms with E-state index in [0.717, 1.165) is 17.0 Å². The highest BCUT2D eigenvalue weighted by atomic mass is 32.2. The van der Waals surface area contributed by atoms with Crippen LogP contribution in [-0.2, 0) is 16.6 Å². The maximum Gasteiger partial charge on any atom is 0.257 e. The van der Waals surface area contributed by atoms with Gasteiger partial charge in [0, 0.05) is 18.7 Å². The number of nitrogens with zero attached hydrogens (tertiary/aromatic N) is 2. The maximum absolute atomic E-state index is 11.4. The largest absolute Gasteiger partial charge is 0.329 e. The van der Waals surface area contributed by atoms with Gasteiger partial charge in [0.05, 0.1) is 0 Å². The van der Waals surface area contributed by atoms with E-state index in [1.54, 1.807) is 0 Å². The van der Waals surface area contributed by atoms with Crippen LogP contribution < -0.4 is 5.14 Å². The highest BCUT2D eigenvalue weighted by Gasteiger charge is 2.18. The number of benzene rings is 1. The predicted molar refractivity (Wildman–Crippen MR) is 78.0 cm³/mol. The molecule has 0 aliphatic rings. The number of sulfonamides is 1. The molecule has 0 amide bonds. The molecule has 2 N–H and O–H groups in total. The number of aromatic nitrogens is 2. The van der Waals surface area contributed by atoms with Crippen LogP contribution in [0.1, 0.15) is 36.7 Å². The molecule has 6 heteroatoms. The van der Waals surface area contributed by atoms with E-state index in [-0.39, 0.29) is 10.9 Å². The maximum atomic E-state index is 11.4. The van der Waals surface area contributed by atoms with E-state index in [1.165, 1.54) is 6.20 Å². The molecule has 0 unspecified atom stereocenters. The van der Waals surface area contributed by atoms with E-state index >= 15 is 0 Å². The van der Waals surface area contributed by atoms with Gasteiger partial charge in [0.25, 0.3) is 10.0 Å². The van der Waals surface area contributed by atoms with E-state index in [9.17, 15) is 8.42 Å². The molecule has 1 aromatic carbocycles. The summed E-state index contributed by atoms with van der Waals surface area (Å²) in [5.41, 5.74) is 2.29. The number of hydrogen-bond donors (Lipinski definition) is 1. The molecule has 0 spiro atoms. The predicted octanol–water partition coefficient (Wildman–Crippen LogP) is 2.01. The molecule has 0 radical (unpaired) electrons. The summed E-state index contributed by atoms with van der Waals surface area (Å²) in [4.78, 5) is 4.16. The average molecular weight is 293 g/mol. The van der Waals surface area contributed by atoms with Gasteiger partial charge in [-0.2, -0.15) is 0 Å². The Balaban J connectivity index is 2.46. The Morgan fingerprint density at radius 3 is 2.50 bits per heavy atom. The standard InChI is InChI=1S/C14H19N3O2S/c1-10(2)14-16-13(20(15,18)19)9-17(14)8-12-7-5-4-6-11(12)3/h4-7,9-10H,8H2,1-3H3,(H2,15,18,19). The van der Waals surface area contributed by atoms with Crippen molar-refractivity contribution >= 4 is 10.0 Å². The van der Waals surface area contributed by atoms with Crippen LogP contribution in [0.15, 0.2) is 35.5 Å². The fourth-order valence-electron chi connectivity index (χ4n) is 2.10. The van der Waals surface area contributed by atoms with Crippen LogP contribution in [0.5, 0.6) is 0 Å². The molecule has 1 heterocycles. The average Bonchev–Trinajstić information content (AvgIpc) is 2.76. The van der Waals surface area contributed by atoms with Gasteiger partial charge in [0.1, 0.15) is 5.82 Å². The normalized spacial score (nSPS) is 12.1. The molecule has 0 fully saturated rings. The summed E-state index contributed by atoms with van der Waals surface area (Å²) in [5.74, 6) is 0.840. The van der Waals surface area contributed by atoms with E-state index in [4.69, 9.17) is 5.14 Å². The quantitative estimate of drug-likeness (QED) is 0.936. The summed E-state index contributed by atoms with van der Waals surface area (Å²) in [7, 11) is -3.77. The second-order valence-electron chi connectivity index (χ2n) is 5.19. The van der Waals surface area contributed by atoms with E-state index in [1.807, 2.05) is 49.6 Å². The van der Waals surface area contributed by atoms with Gasteiger partial charge in [0.15, 0.2) is 5.03 Å². The molecule has 20 heavy (non-hydrogen) atoms. The van der Waals surface area contributed by atoms with Crippen LogP contribution >= 0.6 is 0 Å². The third-order valence-corrected chi connectivity index (χ3v) is 3.97. The molecular weight excluding hydrogens is 274 g/mol. The number of rotatable bonds is 4. The molecule has 108 valence electrons. The minimum absolute atomic E-state index is 0.0743. The van der Waals surface area contributed by atoms with Crippen molar-refractivity contribution in [1.29, 1.82) is 0 Å². The van der Waals surface area contributed by atoms with Crippen LogP contribution in [0.2, 0.25) is 0 Å². The zero-order chi connectivity index (χ0) is 14.9. The van der Waals surface area contributed by atoms with E-state index < -0.39 is 10.0 Å². The van der Waals surface area contributed by atoms with Crippen LogP contribution in [0.4, 0.5) is 0 Å². The topological polar surface area (TPSA) is 78.0 Å². The number of nitrogens with two attached hydrogens (primary N) is 1. The minimum atomic E-state index is -3.77. The summed E-state index contributed by atoms with van der Waals surface area (Å²) in [6, 6.07) is 8.00. The molecule has 0 aliphatic heterocycles. The van der Waals surface area contributed by atoms with Gasteiger partial charge in [-0.05, 0) is 18.1 Å². The van der Waals surface area contributed by atoms with Gasteiger partial charge < -0.3 is 4.57 Å². The second-order valence-corrected chi connectivity index (χ2v) is 6.70. The minimum Gasteiger partial charge on any atom is -0.329 e. The Morgan fingerprint density at radius 2 is 1.95 bits per heavy atom. The van der Waals surface area contributed by atoms with Crippen molar-refractivity contribution in [2.45, 2.75) is 38.3 Å². The SMILES string of the molecule is Cc1ccccc1Cn1cc(S(N)(=O)=O)nc1C(C)C. The lowest BCUT2D eigenvalue weighted by atomic mass is 10.1. The van der Waals surface area contributed by atoms with Gasteiger partial charge >= 0.3 is 0 Å². The lowest BCUT2D eigenvalue weighted by Crippen LogP contribution is -2.12. The molecule has 2 aromatic rings. The highest BCUT2D eigenvalue weighted by molar-refractivity contribution is 7.89. The van der Waals surface area contributed by atoms with Crippen LogP contribution in [0, 0.1) is 6.92 Å². The van der Waals surface area contributed by atoms with Gasteiger partial charge in [0.2, 0.25) is 0 Å². The highest BCUT2D eigenvalue weighted by Crippen LogP contribution is 2.19. The Kier molecular flexibility index (Phi) is 3.96. The fourth-order valence-corrected chi connectivity index (χ4v) is 2.60. The van der Waals surface area contributed by atoms with Crippen LogP contribution in [0.3, 0.4) is 0 Å². The van der Waals surface area contributed by atoms with E-state index in [0.29, 0.717) is 6.54 Å². The van der Waals surface area contributed by atoms with E-state index in [2.05, 4.69) is 4.98 Å².